The molecule has 0 saturated carbocycles. The highest BCUT2D eigenvalue weighted by Crippen LogP contribution is 2.23. The van der Waals surface area contributed by atoms with Crippen LogP contribution in [-0.2, 0) is 21.5 Å². The van der Waals surface area contributed by atoms with Gasteiger partial charge in [0.15, 0.2) is 0 Å². The van der Waals surface area contributed by atoms with Crippen LogP contribution in [0.3, 0.4) is 0 Å². The summed E-state index contributed by atoms with van der Waals surface area (Å²) in [6, 6.07) is 8.83. The molecule has 0 bridgehead atoms. The lowest BCUT2D eigenvalue weighted by Crippen LogP contribution is -2.39. The fourth-order valence-corrected chi connectivity index (χ4v) is 3.74. The van der Waals surface area contributed by atoms with Gasteiger partial charge in [-0.25, -0.2) is 0 Å². The first kappa shape index (κ1) is 14.6. The average Bonchev–Trinajstić information content (AvgIpc) is 2.31. The predicted molar refractivity (Wildman–Crippen MR) is 85.4 cm³/mol. The monoisotopic (exact) mass is 279 g/mol. The number of hydrogen-bond donors (Lipinski definition) is 0. The Morgan fingerprint density at radius 2 is 1.89 bits per heavy atom. The Labute approximate surface area is 117 Å². The Balaban J connectivity index is 2.04. The molecule has 1 fully saturated rings. The lowest BCUT2D eigenvalue weighted by molar-refractivity contribution is 0.291. The van der Waals surface area contributed by atoms with Crippen molar-refractivity contribution in [3.05, 3.63) is 35.4 Å². The summed E-state index contributed by atoms with van der Waals surface area (Å²) in [4.78, 5) is 2.39. The zero-order chi connectivity index (χ0) is 14.1. The lowest BCUT2D eigenvalue weighted by Gasteiger charge is -2.29. The molecule has 2 rings (SSSR count). The van der Waals surface area contributed by atoms with E-state index >= 15 is 0 Å². The molecule has 1 saturated heterocycles. The fourth-order valence-electron chi connectivity index (χ4n) is 2.36. The Bertz CT molecular complexity index is 526. The van der Waals surface area contributed by atoms with Gasteiger partial charge in [0.05, 0.1) is 0 Å². The third-order valence-electron chi connectivity index (χ3n) is 3.76. The second-order valence-corrected chi connectivity index (χ2v) is 9.35. The van der Waals surface area contributed by atoms with E-state index in [9.17, 15) is 4.21 Å². The topological polar surface area (TPSA) is 20.3 Å². The molecule has 1 aliphatic rings. The molecule has 2 nitrogen and oxygen atoms in total. The molecule has 1 aliphatic heterocycles. The second kappa shape index (κ2) is 5.29. The molecule has 106 valence electrons. The third kappa shape index (κ3) is 4.08. The standard InChI is InChI=1S/C16H25NOS/c1-16(2,3)15-7-5-6-14(12-15)13-17-8-10-19(4,18)11-9-17/h5-7,12H,4,8-11,13H2,1-3H3. The van der Waals surface area contributed by atoms with E-state index in [4.69, 9.17) is 0 Å². The summed E-state index contributed by atoms with van der Waals surface area (Å²) >= 11 is 0. The van der Waals surface area contributed by atoms with E-state index in [-0.39, 0.29) is 5.41 Å². The van der Waals surface area contributed by atoms with Gasteiger partial charge in [-0.15, -0.1) is 0 Å². The first-order chi connectivity index (χ1) is 8.76. The Morgan fingerprint density at radius 1 is 1.26 bits per heavy atom. The van der Waals surface area contributed by atoms with E-state index in [0.717, 1.165) is 31.1 Å². The molecular formula is C16H25NOS. The van der Waals surface area contributed by atoms with E-state index in [2.05, 4.69) is 55.8 Å². The minimum Gasteiger partial charge on any atom is -0.297 e. The van der Waals surface area contributed by atoms with Crippen LogP contribution in [0.1, 0.15) is 31.9 Å². The summed E-state index contributed by atoms with van der Waals surface area (Å²) < 4.78 is 11.9. The summed E-state index contributed by atoms with van der Waals surface area (Å²) in [5.41, 5.74) is 2.92. The molecule has 0 aromatic heterocycles. The number of rotatable bonds is 2. The van der Waals surface area contributed by atoms with Gasteiger partial charge >= 0.3 is 0 Å². The van der Waals surface area contributed by atoms with Crippen LogP contribution in [0.4, 0.5) is 0 Å². The predicted octanol–water partition coefficient (Wildman–Crippen LogP) is 2.52. The maximum absolute atomic E-state index is 11.9. The lowest BCUT2D eigenvalue weighted by atomic mass is 9.86. The van der Waals surface area contributed by atoms with Crippen molar-refractivity contribution in [2.24, 2.45) is 0 Å². The molecule has 0 unspecified atom stereocenters. The zero-order valence-corrected chi connectivity index (χ0v) is 13.1. The van der Waals surface area contributed by atoms with Crippen molar-refractivity contribution in [1.29, 1.82) is 0 Å². The average molecular weight is 279 g/mol. The number of hydrogen-bond acceptors (Lipinski definition) is 2. The van der Waals surface area contributed by atoms with E-state index in [1.54, 1.807) is 0 Å². The Hall–Kier alpha value is -0.800. The molecule has 3 heteroatoms. The first-order valence-electron chi connectivity index (χ1n) is 6.91. The molecule has 19 heavy (non-hydrogen) atoms. The molecule has 0 radical (unpaired) electrons. The highest BCUT2D eigenvalue weighted by Gasteiger charge is 2.18. The zero-order valence-electron chi connectivity index (χ0n) is 12.3. The summed E-state index contributed by atoms with van der Waals surface area (Å²) in [6.45, 7) is 9.49. The largest absolute Gasteiger partial charge is 0.297 e. The van der Waals surface area contributed by atoms with Gasteiger partial charge < -0.3 is 0 Å². The van der Waals surface area contributed by atoms with Crippen LogP contribution >= 0.6 is 0 Å². The minimum absolute atomic E-state index is 0.194. The Kier molecular flexibility index (Phi) is 4.07. The van der Waals surface area contributed by atoms with Crippen molar-refractivity contribution in [3.63, 3.8) is 0 Å². The molecule has 0 atom stereocenters. The van der Waals surface area contributed by atoms with Gasteiger partial charge in [-0.05, 0) is 31.9 Å². The van der Waals surface area contributed by atoms with Crippen molar-refractivity contribution in [2.75, 3.05) is 24.6 Å². The highest BCUT2D eigenvalue weighted by atomic mass is 32.2. The first-order valence-corrected chi connectivity index (χ1v) is 8.97. The van der Waals surface area contributed by atoms with Gasteiger partial charge in [0, 0.05) is 31.1 Å². The van der Waals surface area contributed by atoms with Gasteiger partial charge in [-0.3, -0.25) is 9.11 Å². The van der Waals surface area contributed by atoms with E-state index in [1.165, 1.54) is 11.1 Å². The quantitative estimate of drug-likeness (QED) is 0.775. The second-order valence-electron chi connectivity index (χ2n) is 6.60. The van der Waals surface area contributed by atoms with Gasteiger partial charge in [0.25, 0.3) is 0 Å². The maximum Gasteiger partial charge on any atom is 0.0287 e. The van der Waals surface area contributed by atoms with Crippen molar-refractivity contribution in [3.8, 4) is 0 Å². The van der Waals surface area contributed by atoms with Gasteiger partial charge in [-0.2, -0.15) is 0 Å². The van der Waals surface area contributed by atoms with Crippen LogP contribution in [0, 0.1) is 0 Å². The molecule has 0 amide bonds. The van der Waals surface area contributed by atoms with Gasteiger partial charge in [0.2, 0.25) is 0 Å². The molecule has 0 N–H and O–H groups in total. The Morgan fingerprint density at radius 3 is 2.47 bits per heavy atom. The van der Waals surface area contributed by atoms with Crippen LogP contribution in [0.15, 0.2) is 24.3 Å². The summed E-state index contributed by atoms with van der Waals surface area (Å²) in [6.07, 6.45) is 0. The molecule has 0 spiro atoms. The summed E-state index contributed by atoms with van der Waals surface area (Å²) in [5.74, 6) is 5.30. The SMILES string of the molecule is C=S1(=O)CCN(Cc2cccc(C(C)(C)C)c2)CC1. The van der Waals surface area contributed by atoms with E-state index in [0.29, 0.717) is 0 Å². The van der Waals surface area contributed by atoms with Crippen molar-refractivity contribution in [2.45, 2.75) is 32.7 Å². The van der Waals surface area contributed by atoms with Crippen LogP contribution in [0.2, 0.25) is 0 Å². The third-order valence-corrected chi connectivity index (χ3v) is 5.61. The summed E-state index contributed by atoms with van der Waals surface area (Å²) in [5, 5.41) is 0. The molecule has 1 aromatic carbocycles. The smallest absolute Gasteiger partial charge is 0.0287 e. The molecule has 1 aromatic rings. The minimum atomic E-state index is -1.78. The van der Waals surface area contributed by atoms with Gasteiger partial charge in [-0.1, -0.05) is 45.0 Å². The number of benzene rings is 1. The normalized spacial score (nSPS) is 20.4. The van der Waals surface area contributed by atoms with E-state index in [1.807, 2.05) is 0 Å². The maximum atomic E-state index is 11.9. The molecule has 1 heterocycles. The van der Waals surface area contributed by atoms with Crippen LogP contribution in [0.25, 0.3) is 0 Å². The summed E-state index contributed by atoms with van der Waals surface area (Å²) in [7, 11) is -1.78. The fraction of sp³-hybridized carbons (Fsp3) is 0.562. The molecular weight excluding hydrogens is 254 g/mol. The van der Waals surface area contributed by atoms with E-state index < -0.39 is 9.52 Å². The van der Waals surface area contributed by atoms with Crippen molar-refractivity contribution >= 4 is 15.4 Å². The van der Waals surface area contributed by atoms with Crippen LogP contribution in [0.5, 0.6) is 0 Å². The van der Waals surface area contributed by atoms with Crippen molar-refractivity contribution in [1.82, 2.24) is 4.90 Å². The van der Waals surface area contributed by atoms with Crippen LogP contribution in [-0.4, -0.2) is 39.6 Å². The van der Waals surface area contributed by atoms with Gasteiger partial charge in [0.1, 0.15) is 0 Å². The highest BCUT2D eigenvalue weighted by molar-refractivity contribution is 8.00. The molecule has 0 aliphatic carbocycles. The van der Waals surface area contributed by atoms with Crippen molar-refractivity contribution < 1.29 is 4.21 Å². The van der Waals surface area contributed by atoms with Crippen LogP contribution < -0.4 is 0 Å². The number of nitrogens with zero attached hydrogens (tertiary/aromatic N) is 1.